The number of guanidine groups is 1. The lowest BCUT2D eigenvalue weighted by atomic mass is 10.1. The molecule has 1 aliphatic rings. The van der Waals surface area contributed by atoms with Gasteiger partial charge in [-0.1, -0.05) is 19.1 Å². The summed E-state index contributed by atoms with van der Waals surface area (Å²) >= 11 is 0. The molecular weight excluding hydrogens is 286 g/mol. The van der Waals surface area contributed by atoms with Crippen LogP contribution in [0.3, 0.4) is 0 Å². The van der Waals surface area contributed by atoms with Gasteiger partial charge in [-0.25, -0.2) is 0 Å². The van der Waals surface area contributed by atoms with Gasteiger partial charge >= 0.3 is 0 Å². The number of piperazine rings is 1. The second-order valence-electron chi connectivity index (χ2n) is 6.24. The summed E-state index contributed by atoms with van der Waals surface area (Å²) in [6, 6.07) is 6.59. The zero-order valence-electron chi connectivity index (χ0n) is 14.8. The van der Waals surface area contributed by atoms with Crippen LogP contribution in [-0.2, 0) is 0 Å². The van der Waals surface area contributed by atoms with Crippen LogP contribution in [0.25, 0.3) is 0 Å². The maximum absolute atomic E-state index is 5.82. The van der Waals surface area contributed by atoms with E-state index < -0.39 is 0 Å². The molecule has 1 fully saturated rings. The normalized spacial score (nSPS) is 16.7. The number of aryl methyl sites for hydroxylation is 1. The van der Waals surface area contributed by atoms with Crippen LogP contribution < -0.4 is 16.0 Å². The zero-order chi connectivity index (χ0) is 16.7. The van der Waals surface area contributed by atoms with Gasteiger partial charge in [0.15, 0.2) is 5.96 Å². The first-order valence-corrected chi connectivity index (χ1v) is 8.69. The third-order valence-electron chi connectivity index (χ3n) is 4.53. The number of nitrogens with zero attached hydrogens (tertiary/aromatic N) is 3. The zero-order valence-corrected chi connectivity index (χ0v) is 14.8. The largest absolute Gasteiger partial charge is 0.370 e. The van der Waals surface area contributed by atoms with Crippen molar-refractivity contribution < 1.29 is 0 Å². The van der Waals surface area contributed by atoms with Gasteiger partial charge in [-0.15, -0.1) is 0 Å². The molecule has 1 aromatic rings. The highest BCUT2D eigenvalue weighted by Gasteiger charge is 2.18. The van der Waals surface area contributed by atoms with Crippen molar-refractivity contribution in [3.63, 3.8) is 0 Å². The molecule has 23 heavy (non-hydrogen) atoms. The topological polar surface area (TPSA) is 56.9 Å². The molecule has 0 radical (unpaired) electrons. The van der Waals surface area contributed by atoms with E-state index in [4.69, 9.17) is 5.73 Å². The summed E-state index contributed by atoms with van der Waals surface area (Å²) < 4.78 is 0. The van der Waals surface area contributed by atoms with Crippen LogP contribution in [0.5, 0.6) is 0 Å². The minimum atomic E-state index is 0.570. The van der Waals surface area contributed by atoms with Gasteiger partial charge in [0, 0.05) is 51.5 Å². The Morgan fingerprint density at radius 2 is 1.96 bits per heavy atom. The Morgan fingerprint density at radius 1 is 1.22 bits per heavy atom. The van der Waals surface area contributed by atoms with E-state index in [-0.39, 0.29) is 0 Å². The van der Waals surface area contributed by atoms with Crippen molar-refractivity contribution in [1.29, 1.82) is 0 Å². The molecule has 3 N–H and O–H groups in total. The summed E-state index contributed by atoms with van der Waals surface area (Å²) in [6.07, 6.45) is 1.03. The van der Waals surface area contributed by atoms with E-state index in [1.54, 1.807) is 0 Å². The van der Waals surface area contributed by atoms with Crippen LogP contribution in [0.2, 0.25) is 0 Å². The van der Waals surface area contributed by atoms with Crippen molar-refractivity contribution in [2.24, 2.45) is 10.7 Å². The quantitative estimate of drug-likeness (QED) is 0.620. The minimum absolute atomic E-state index is 0.570. The summed E-state index contributed by atoms with van der Waals surface area (Å²) in [6.45, 7) is 13.6. The van der Waals surface area contributed by atoms with E-state index >= 15 is 0 Å². The maximum atomic E-state index is 5.82. The Morgan fingerprint density at radius 3 is 2.65 bits per heavy atom. The molecule has 0 bridgehead atoms. The van der Waals surface area contributed by atoms with Crippen LogP contribution in [0.1, 0.15) is 24.5 Å². The fourth-order valence-corrected chi connectivity index (χ4v) is 2.92. The number of rotatable bonds is 6. The van der Waals surface area contributed by atoms with Crippen molar-refractivity contribution in [1.82, 2.24) is 10.2 Å². The van der Waals surface area contributed by atoms with E-state index in [0.717, 1.165) is 52.2 Å². The monoisotopic (exact) mass is 317 g/mol. The summed E-state index contributed by atoms with van der Waals surface area (Å²) in [5.41, 5.74) is 9.98. The molecule has 128 valence electrons. The summed E-state index contributed by atoms with van der Waals surface area (Å²) in [4.78, 5) is 9.24. The standard InChI is InChI=1S/C18H31N5/c1-4-8-20-18(19)21-9-10-22-11-13-23(14-12-22)17-7-5-6-15(2)16(17)3/h5-7H,4,8-14H2,1-3H3,(H3,19,20,21). The molecule has 0 amide bonds. The molecule has 1 aromatic carbocycles. The van der Waals surface area contributed by atoms with E-state index in [9.17, 15) is 0 Å². The van der Waals surface area contributed by atoms with Crippen molar-refractivity contribution >= 4 is 11.6 Å². The fraction of sp³-hybridized carbons (Fsp3) is 0.611. The number of anilines is 1. The SMILES string of the molecule is CCCN=C(N)NCCN1CCN(c2cccc(C)c2C)CC1. The van der Waals surface area contributed by atoms with E-state index in [2.05, 4.69) is 59.1 Å². The summed E-state index contributed by atoms with van der Waals surface area (Å²) in [5.74, 6) is 0.570. The molecule has 2 rings (SSSR count). The number of aliphatic imine (C=N–C) groups is 1. The molecule has 0 spiro atoms. The first kappa shape index (κ1) is 17.6. The minimum Gasteiger partial charge on any atom is -0.370 e. The maximum Gasteiger partial charge on any atom is 0.188 e. The van der Waals surface area contributed by atoms with E-state index in [1.165, 1.54) is 16.8 Å². The van der Waals surface area contributed by atoms with Crippen LogP contribution in [0, 0.1) is 13.8 Å². The second kappa shape index (κ2) is 8.77. The highest BCUT2D eigenvalue weighted by molar-refractivity contribution is 5.77. The van der Waals surface area contributed by atoms with Crippen molar-refractivity contribution in [3.05, 3.63) is 29.3 Å². The first-order chi connectivity index (χ1) is 11.1. The Balaban J connectivity index is 1.75. The summed E-state index contributed by atoms with van der Waals surface area (Å²) in [5, 5.41) is 3.20. The third-order valence-corrected chi connectivity index (χ3v) is 4.53. The number of benzene rings is 1. The molecule has 0 unspecified atom stereocenters. The molecule has 0 aromatic heterocycles. The van der Waals surface area contributed by atoms with Gasteiger partial charge < -0.3 is 16.0 Å². The van der Waals surface area contributed by atoms with Gasteiger partial charge in [-0.2, -0.15) is 0 Å². The van der Waals surface area contributed by atoms with Gasteiger partial charge in [0.1, 0.15) is 0 Å². The summed E-state index contributed by atoms with van der Waals surface area (Å²) in [7, 11) is 0. The van der Waals surface area contributed by atoms with Gasteiger partial charge in [0.2, 0.25) is 0 Å². The smallest absolute Gasteiger partial charge is 0.188 e. The molecule has 1 saturated heterocycles. The van der Waals surface area contributed by atoms with Crippen molar-refractivity contribution in [2.45, 2.75) is 27.2 Å². The molecule has 1 heterocycles. The number of hydrogen-bond donors (Lipinski definition) is 2. The lowest BCUT2D eigenvalue weighted by molar-refractivity contribution is 0.261. The van der Waals surface area contributed by atoms with Gasteiger partial charge in [0.25, 0.3) is 0 Å². The fourth-order valence-electron chi connectivity index (χ4n) is 2.92. The van der Waals surface area contributed by atoms with Crippen LogP contribution in [0.15, 0.2) is 23.2 Å². The second-order valence-corrected chi connectivity index (χ2v) is 6.24. The lowest BCUT2D eigenvalue weighted by Gasteiger charge is -2.37. The highest BCUT2D eigenvalue weighted by atomic mass is 15.3. The Hall–Kier alpha value is -1.75. The lowest BCUT2D eigenvalue weighted by Crippen LogP contribution is -2.49. The molecule has 0 atom stereocenters. The highest BCUT2D eigenvalue weighted by Crippen LogP contribution is 2.23. The van der Waals surface area contributed by atoms with Crippen LogP contribution in [0.4, 0.5) is 5.69 Å². The molecule has 0 aliphatic carbocycles. The third kappa shape index (κ3) is 5.13. The van der Waals surface area contributed by atoms with Crippen molar-refractivity contribution in [2.75, 3.05) is 50.7 Å². The van der Waals surface area contributed by atoms with Crippen LogP contribution in [-0.4, -0.2) is 56.7 Å². The number of hydrogen-bond acceptors (Lipinski definition) is 3. The molecule has 5 nitrogen and oxygen atoms in total. The van der Waals surface area contributed by atoms with Gasteiger partial charge in [-0.3, -0.25) is 9.89 Å². The first-order valence-electron chi connectivity index (χ1n) is 8.69. The number of nitrogens with two attached hydrogens (primary N) is 1. The van der Waals surface area contributed by atoms with Gasteiger partial charge in [-0.05, 0) is 37.5 Å². The predicted octanol–water partition coefficient (Wildman–Crippen LogP) is 1.74. The van der Waals surface area contributed by atoms with Gasteiger partial charge in [0.05, 0.1) is 0 Å². The Bertz CT molecular complexity index is 518. The van der Waals surface area contributed by atoms with E-state index in [1.807, 2.05) is 0 Å². The Labute approximate surface area is 140 Å². The number of nitrogens with one attached hydrogen (secondary N) is 1. The van der Waals surface area contributed by atoms with Crippen LogP contribution >= 0.6 is 0 Å². The van der Waals surface area contributed by atoms with Crippen molar-refractivity contribution in [3.8, 4) is 0 Å². The molecular formula is C18H31N5. The average molecular weight is 317 g/mol. The molecule has 1 aliphatic heterocycles. The molecule has 5 heteroatoms. The predicted molar refractivity (Wildman–Crippen MR) is 99.4 cm³/mol. The average Bonchev–Trinajstić information content (AvgIpc) is 2.56. The molecule has 0 saturated carbocycles. The van der Waals surface area contributed by atoms with E-state index in [0.29, 0.717) is 5.96 Å². The Kier molecular flexibility index (Phi) is 6.71.